The van der Waals surface area contributed by atoms with Crippen LogP contribution >= 0.6 is 0 Å². The lowest BCUT2D eigenvalue weighted by molar-refractivity contribution is 0.103. The molecule has 0 spiro atoms. The highest BCUT2D eigenvalue weighted by Gasteiger charge is 2.40. The first-order valence-corrected chi connectivity index (χ1v) is 12.0. The minimum atomic E-state index is -0.292. The molecule has 5 heteroatoms. The number of nitrogens with zero attached hydrogens (tertiary/aromatic N) is 2. The third kappa shape index (κ3) is 2.77. The van der Waals surface area contributed by atoms with Crippen molar-refractivity contribution in [2.24, 2.45) is 0 Å². The van der Waals surface area contributed by atoms with Crippen LogP contribution in [0.5, 0.6) is 0 Å². The molecular weight excluding hydrogens is 396 g/mol. The minimum Gasteiger partial charge on any atom is -0.399 e. The van der Waals surface area contributed by atoms with E-state index in [0.717, 1.165) is 59.0 Å². The number of nitrogen functional groups attached to an aromatic ring is 1. The monoisotopic (exact) mass is 428 g/mol. The lowest BCUT2D eigenvalue weighted by Crippen LogP contribution is -2.56. The number of hydrogen-bond donors (Lipinski definition) is 2. The van der Waals surface area contributed by atoms with Crippen LogP contribution in [0.2, 0.25) is 0 Å². The zero-order chi connectivity index (χ0) is 22.2. The minimum absolute atomic E-state index is 0.111. The Morgan fingerprint density at radius 2 is 1.91 bits per heavy atom. The molecular formula is C27H32N4O. The van der Waals surface area contributed by atoms with Crippen LogP contribution in [0.4, 0.5) is 11.4 Å². The number of H-pyrrole nitrogens is 1. The van der Waals surface area contributed by atoms with Crippen LogP contribution < -0.4 is 10.6 Å². The van der Waals surface area contributed by atoms with Gasteiger partial charge in [0.2, 0.25) is 0 Å². The smallest absolute Gasteiger partial charge is 0.195 e. The molecule has 5 nitrogen and oxygen atoms in total. The maximum Gasteiger partial charge on any atom is 0.195 e. The van der Waals surface area contributed by atoms with Gasteiger partial charge in [0, 0.05) is 70.7 Å². The lowest BCUT2D eigenvalue weighted by Gasteiger charge is -2.47. The van der Waals surface area contributed by atoms with E-state index in [1.165, 1.54) is 24.9 Å². The van der Waals surface area contributed by atoms with Crippen LogP contribution in [0.3, 0.4) is 0 Å². The molecule has 3 N–H and O–H groups in total. The Morgan fingerprint density at radius 3 is 2.62 bits per heavy atom. The predicted molar refractivity (Wildman–Crippen MR) is 131 cm³/mol. The number of anilines is 2. The average molecular weight is 429 g/mol. The van der Waals surface area contributed by atoms with Gasteiger partial charge >= 0.3 is 0 Å². The molecule has 0 bridgehead atoms. The first-order valence-electron chi connectivity index (χ1n) is 12.0. The molecule has 1 aliphatic heterocycles. The van der Waals surface area contributed by atoms with Gasteiger partial charge in [0.05, 0.1) is 5.56 Å². The number of benzene rings is 2. The number of nitrogens with two attached hydrogens (primary N) is 1. The molecule has 3 aromatic rings. The highest BCUT2D eigenvalue weighted by Crippen LogP contribution is 2.45. The summed E-state index contributed by atoms with van der Waals surface area (Å²) in [5.41, 5.74) is 12.3. The van der Waals surface area contributed by atoms with Gasteiger partial charge in [0.15, 0.2) is 5.78 Å². The number of nitrogens with one attached hydrogen (secondary N) is 1. The standard InChI is InChI=1S/C27H32N4O/c1-16-15-30(18-5-4-6-18)11-12-31(16)19-8-10-20-22(14-19)27(2,3)26-24(25(20)32)21-9-7-17(28)13-23(21)29-26/h7-10,13-14,16,18,29H,4-6,11-12,15,28H2,1-3H3/t16-/m0/s1. The Kier molecular flexibility index (Phi) is 4.25. The summed E-state index contributed by atoms with van der Waals surface area (Å²) < 4.78 is 0. The van der Waals surface area contributed by atoms with Crippen molar-refractivity contribution < 1.29 is 4.79 Å². The molecule has 1 aromatic heterocycles. The van der Waals surface area contributed by atoms with E-state index >= 15 is 0 Å². The molecule has 2 aromatic carbocycles. The lowest BCUT2D eigenvalue weighted by atomic mass is 9.71. The Hall–Kier alpha value is -2.79. The number of piperazine rings is 1. The normalized spacial score (nSPS) is 23.2. The number of aromatic nitrogens is 1. The molecule has 1 atom stereocenters. The van der Waals surface area contributed by atoms with Crippen molar-refractivity contribution in [3.63, 3.8) is 0 Å². The number of hydrogen-bond acceptors (Lipinski definition) is 4. The summed E-state index contributed by atoms with van der Waals surface area (Å²) in [6, 6.07) is 13.5. The molecule has 2 aliphatic carbocycles. The number of rotatable bonds is 2. The quantitative estimate of drug-likeness (QED) is 0.582. The predicted octanol–water partition coefficient (Wildman–Crippen LogP) is 4.68. The van der Waals surface area contributed by atoms with Crippen molar-refractivity contribution in [3.8, 4) is 0 Å². The zero-order valence-corrected chi connectivity index (χ0v) is 19.2. The number of ketones is 1. The Labute approximate surface area is 189 Å². The van der Waals surface area contributed by atoms with Gasteiger partial charge < -0.3 is 15.6 Å². The van der Waals surface area contributed by atoms with Crippen LogP contribution in [0.15, 0.2) is 36.4 Å². The highest BCUT2D eigenvalue weighted by molar-refractivity contribution is 6.20. The van der Waals surface area contributed by atoms with Crippen molar-refractivity contribution in [1.82, 2.24) is 9.88 Å². The Bertz CT molecular complexity index is 1240. The van der Waals surface area contributed by atoms with E-state index in [9.17, 15) is 4.79 Å². The number of fused-ring (bicyclic) bond motifs is 4. The third-order valence-electron chi connectivity index (χ3n) is 8.18. The second kappa shape index (κ2) is 6.85. The summed E-state index contributed by atoms with van der Waals surface area (Å²) in [6.07, 6.45) is 4.11. The Balaban J connectivity index is 1.38. The van der Waals surface area contributed by atoms with Gasteiger partial charge in [-0.3, -0.25) is 9.69 Å². The van der Waals surface area contributed by atoms with E-state index in [-0.39, 0.29) is 11.2 Å². The van der Waals surface area contributed by atoms with Gasteiger partial charge in [-0.15, -0.1) is 0 Å². The third-order valence-corrected chi connectivity index (χ3v) is 8.18. The van der Waals surface area contributed by atoms with Gasteiger partial charge in [-0.05, 0) is 55.7 Å². The summed E-state index contributed by atoms with van der Waals surface area (Å²) in [7, 11) is 0. The second-order valence-electron chi connectivity index (χ2n) is 10.5. The van der Waals surface area contributed by atoms with Gasteiger partial charge in [0.1, 0.15) is 0 Å². The SMILES string of the molecule is C[C@H]1CN(C2CCC2)CCN1c1ccc2c(c1)C(C)(C)c1[nH]c3cc(N)ccc3c1C2=O. The van der Waals surface area contributed by atoms with Gasteiger partial charge in [-0.1, -0.05) is 26.3 Å². The molecule has 1 saturated heterocycles. The van der Waals surface area contributed by atoms with Crippen LogP contribution in [0.25, 0.3) is 10.9 Å². The largest absolute Gasteiger partial charge is 0.399 e. The fraction of sp³-hybridized carbons (Fsp3) is 0.444. The fourth-order valence-electron chi connectivity index (χ4n) is 6.07. The van der Waals surface area contributed by atoms with Crippen molar-refractivity contribution >= 4 is 28.1 Å². The van der Waals surface area contributed by atoms with Crippen molar-refractivity contribution in [2.45, 2.75) is 57.5 Å². The molecule has 6 rings (SSSR count). The number of carbonyl (C=O) groups excluding carboxylic acids is 1. The molecule has 2 fully saturated rings. The van der Waals surface area contributed by atoms with Gasteiger partial charge in [0.25, 0.3) is 0 Å². The molecule has 3 aliphatic rings. The highest BCUT2D eigenvalue weighted by atomic mass is 16.1. The Morgan fingerprint density at radius 1 is 1.09 bits per heavy atom. The van der Waals surface area contributed by atoms with Gasteiger partial charge in [-0.25, -0.2) is 0 Å². The fourth-order valence-corrected chi connectivity index (χ4v) is 6.07. The zero-order valence-electron chi connectivity index (χ0n) is 19.2. The second-order valence-corrected chi connectivity index (χ2v) is 10.5. The molecule has 0 amide bonds. The van der Waals surface area contributed by atoms with Crippen LogP contribution in [0, 0.1) is 0 Å². The number of aromatic amines is 1. The molecule has 32 heavy (non-hydrogen) atoms. The van der Waals surface area contributed by atoms with Crippen molar-refractivity contribution in [2.75, 3.05) is 30.3 Å². The molecule has 0 unspecified atom stereocenters. The van der Waals surface area contributed by atoms with Crippen molar-refractivity contribution in [1.29, 1.82) is 0 Å². The van der Waals surface area contributed by atoms with Gasteiger partial charge in [-0.2, -0.15) is 0 Å². The van der Waals surface area contributed by atoms with E-state index < -0.39 is 0 Å². The molecule has 166 valence electrons. The van der Waals surface area contributed by atoms with E-state index in [1.54, 1.807) is 0 Å². The molecule has 1 saturated carbocycles. The summed E-state index contributed by atoms with van der Waals surface area (Å²) in [5.74, 6) is 0.111. The van der Waals surface area contributed by atoms with E-state index in [4.69, 9.17) is 5.73 Å². The van der Waals surface area contributed by atoms with Crippen molar-refractivity contribution in [3.05, 3.63) is 58.8 Å². The topological polar surface area (TPSA) is 65.4 Å². The van der Waals surface area contributed by atoms with Crippen LogP contribution in [0.1, 0.15) is 67.2 Å². The van der Waals surface area contributed by atoms with E-state index in [2.05, 4.69) is 53.8 Å². The van der Waals surface area contributed by atoms with Crippen LogP contribution in [-0.2, 0) is 5.41 Å². The van der Waals surface area contributed by atoms with E-state index in [1.807, 2.05) is 18.2 Å². The summed E-state index contributed by atoms with van der Waals surface area (Å²) in [5, 5.41) is 0.961. The maximum atomic E-state index is 13.6. The maximum absolute atomic E-state index is 13.6. The first-order chi connectivity index (χ1) is 15.3. The summed E-state index contributed by atoms with van der Waals surface area (Å²) in [4.78, 5) is 22.3. The average Bonchev–Trinajstić information content (AvgIpc) is 3.11. The first kappa shape index (κ1) is 19.9. The van der Waals surface area contributed by atoms with E-state index in [0.29, 0.717) is 11.7 Å². The van der Waals surface area contributed by atoms with Crippen LogP contribution in [-0.4, -0.2) is 47.4 Å². The summed E-state index contributed by atoms with van der Waals surface area (Å²) in [6.45, 7) is 10.1. The molecule has 0 radical (unpaired) electrons. The molecule has 2 heterocycles. The number of carbonyl (C=O) groups is 1. The summed E-state index contributed by atoms with van der Waals surface area (Å²) >= 11 is 0.